The van der Waals surface area contributed by atoms with Crippen LogP contribution in [0.4, 0.5) is 0 Å². The molecule has 2 aromatic heterocycles. The lowest BCUT2D eigenvalue weighted by Crippen LogP contribution is -2.31. The number of aryl methyl sites for hydroxylation is 1. The van der Waals surface area contributed by atoms with Gasteiger partial charge in [-0.25, -0.2) is 4.79 Å². The third kappa shape index (κ3) is 4.20. The highest BCUT2D eigenvalue weighted by atomic mass is 32.1. The first-order valence-electron chi connectivity index (χ1n) is 8.03. The summed E-state index contributed by atoms with van der Waals surface area (Å²) in [7, 11) is 1.66. The van der Waals surface area contributed by atoms with Crippen LogP contribution in [0.15, 0.2) is 50.3 Å². The number of oxazole rings is 1. The van der Waals surface area contributed by atoms with E-state index in [9.17, 15) is 14.4 Å². The van der Waals surface area contributed by atoms with E-state index in [0.717, 1.165) is 5.56 Å². The van der Waals surface area contributed by atoms with Gasteiger partial charge in [-0.1, -0.05) is 12.1 Å². The maximum Gasteiger partial charge on any atom is 0.419 e. The van der Waals surface area contributed by atoms with Crippen molar-refractivity contribution in [2.75, 3.05) is 13.7 Å². The Morgan fingerprint density at radius 1 is 1.27 bits per heavy atom. The summed E-state index contributed by atoms with van der Waals surface area (Å²) in [4.78, 5) is 37.3. The zero-order valence-corrected chi connectivity index (χ0v) is 15.0. The Hall–Kier alpha value is -2.87. The lowest BCUT2D eigenvalue weighted by atomic mass is 10.3. The van der Waals surface area contributed by atoms with Gasteiger partial charge in [0, 0.05) is 20.1 Å². The summed E-state index contributed by atoms with van der Waals surface area (Å²) in [5, 5.41) is 3.90. The molecule has 1 amide bonds. The van der Waals surface area contributed by atoms with Gasteiger partial charge in [0.25, 0.3) is 5.91 Å². The Morgan fingerprint density at radius 2 is 2.08 bits per heavy atom. The molecule has 0 aliphatic rings. The first-order chi connectivity index (χ1) is 12.5. The van der Waals surface area contributed by atoms with Crippen LogP contribution in [0.25, 0.3) is 11.1 Å². The summed E-state index contributed by atoms with van der Waals surface area (Å²) < 4.78 is 11.5. The van der Waals surface area contributed by atoms with Crippen molar-refractivity contribution in [3.63, 3.8) is 0 Å². The summed E-state index contributed by atoms with van der Waals surface area (Å²) in [6.45, 7) is 0.282. The first kappa shape index (κ1) is 17.9. The second kappa shape index (κ2) is 8.01. The zero-order chi connectivity index (χ0) is 18.5. The van der Waals surface area contributed by atoms with Crippen LogP contribution in [0.5, 0.6) is 0 Å². The molecule has 0 spiro atoms. The Balaban J connectivity index is 1.49. The van der Waals surface area contributed by atoms with Crippen molar-refractivity contribution in [3.8, 4) is 0 Å². The normalized spacial score (nSPS) is 10.8. The van der Waals surface area contributed by atoms with E-state index >= 15 is 0 Å². The molecule has 8 heteroatoms. The predicted molar refractivity (Wildman–Crippen MR) is 96.8 cm³/mol. The molecule has 0 aliphatic carbocycles. The maximum absolute atomic E-state index is 12.0. The number of hydrogen-bond donors (Lipinski definition) is 0. The lowest BCUT2D eigenvalue weighted by molar-refractivity contribution is -0.151. The molecule has 0 N–H and O–H groups in total. The van der Waals surface area contributed by atoms with Gasteiger partial charge in [-0.15, -0.1) is 0 Å². The van der Waals surface area contributed by atoms with Gasteiger partial charge < -0.3 is 14.1 Å². The van der Waals surface area contributed by atoms with Crippen molar-refractivity contribution in [2.24, 2.45) is 0 Å². The topological polar surface area (TPSA) is 81.8 Å². The number of carbonyl (C=O) groups excluding carboxylic acids is 2. The summed E-state index contributed by atoms with van der Waals surface area (Å²) in [6.07, 6.45) is -0.0229. The van der Waals surface area contributed by atoms with Crippen LogP contribution in [0, 0.1) is 0 Å². The first-order valence-corrected chi connectivity index (χ1v) is 8.98. The minimum absolute atomic E-state index is 0.0229. The van der Waals surface area contributed by atoms with E-state index in [2.05, 4.69) is 0 Å². The molecule has 0 aliphatic heterocycles. The second-order valence-corrected chi connectivity index (χ2v) is 6.56. The van der Waals surface area contributed by atoms with E-state index in [1.165, 1.54) is 9.47 Å². The number of aromatic nitrogens is 1. The molecule has 0 saturated heterocycles. The van der Waals surface area contributed by atoms with E-state index in [-0.39, 0.29) is 25.5 Å². The molecular weight excluding hydrogens is 356 g/mol. The Labute approximate surface area is 153 Å². The van der Waals surface area contributed by atoms with E-state index in [4.69, 9.17) is 9.15 Å². The molecule has 136 valence electrons. The van der Waals surface area contributed by atoms with Gasteiger partial charge in [0.1, 0.15) is 0 Å². The number of nitrogens with zero attached hydrogens (tertiary/aromatic N) is 2. The van der Waals surface area contributed by atoms with Crippen molar-refractivity contribution >= 4 is 34.3 Å². The third-order valence-corrected chi connectivity index (χ3v) is 4.63. The molecule has 0 unspecified atom stereocenters. The minimum atomic E-state index is -0.542. The molecule has 26 heavy (non-hydrogen) atoms. The number of carbonyl (C=O) groups is 2. The zero-order valence-electron chi connectivity index (χ0n) is 14.2. The summed E-state index contributed by atoms with van der Waals surface area (Å²) in [6, 6.07) is 8.92. The molecule has 7 nitrogen and oxygen atoms in total. The number of para-hydroxylation sites is 2. The standard InChI is InChI=1S/C18H18N2O5S/c1-19(10-13-7-9-26-12-13)16(21)11-24-17(22)6-8-20-14-4-2-3-5-15(14)25-18(20)23/h2-5,7,9,12H,6,8,10-11H2,1H3. The summed E-state index contributed by atoms with van der Waals surface area (Å²) >= 11 is 1.56. The molecular formula is C18H18N2O5S. The number of ether oxygens (including phenoxy) is 1. The molecule has 0 fully saturated rings. The quantitative estimate of drug-likeness (QED) is 0.593. The van der Waals surface area contributed by atoms with Gasteiger partial charge in [0.2, 0.25) is 0 Å². The monoisotopic (exact) mass is 374 g/mol. The van der Waals surface area contributed by atoms with Gasteiger partial charge >= 0.3 is 11.7 Å². The largest absolute Gasteiger partial charge is 0.456 e. The molecule has 2 heterocycles. The van der Waals surface area contributed by atoms with Crippen LogP contribution in [0.3, 0.4) is 0 Å². The van der Waals surface area contributed by atoms with Gasteiger partial charge in [-0.3, -0.25) is 14.2 Å². The number of likely N-dealkylation sites (N-methyl/N-ethyl adjacent to an activating group) is 1. The fourth-order valence-corrected chi connectivity index (χ4v) is 3.16. The van der Waals surface area contributed by atoms with Crippen LogP contribution >= 0.6 is 11.3 Å². The van der Waals surface area contributed by atoms with Crippen LogP contribution in [0.1, 0.15) is 12.0 Å². The van der Waals surface area contributed by atoms with Gasteiger partial charge in [0.15, 0.2) is 12.2 Å². The number of thiophene rings is 1. The van der Waals surface area contributed by atoms with Crippen molar-refractivity contribution in [3.05, 3.63) is 57.2 Å². The minimum Gasteiger partial charge on any atom is -0.456 e. The maximum atomic E-state index is 12.0. The highest BCUT2D eigenvalue weighted by Gasteiger charge is 2.14. The van der Waals surface area contributed by atoms with E-state index in [1.54, 1.807) is 42.6 Å². The third-order valence-electron chi connectivity index (χ3n) is 3.90. The number of rotatable bonds is 7. The van der Waals surface area contributed by atoms with E-state index < -0.39 is 11.7 Å². The molecule has 1 aromatic carbocycles. The highest BCUT2D eigenvalue weighted by Crippen LogP contribution is 2.12. The average Bonchev–Trinajstić information content (AvgIpc) is 3.24. The van der Waals surface area contributed by atoms with Crippen LogP contribution in [-0.2, 0) is 27.4 Å². The number of hydrogen-bond acceptors (Lipinski definition) is 6. The van der Waals surface area contributed by atoms with Crippen molar-refractivity contribution in [1.29, 1.82) is 0 Å². The molecule has 0 bridgehead atoms. The fraction of sp³-hybridized carbons (Fsp3) is 0.278. The molecule has 0 radical (unpaired) electrons. The Bertz CT molecular complexity index is 958. The van der Waals surface area contributed by atoms with Crippen molar-refractivity contribution < 1.29 is 18.7 Å². The van der Waals surface area contributed by atoms with Crippen molar-refractivity contribution in [1.82, 2.24) is 9.47 Å². The highest BCUT2D eigenvalue weighted by molar-refractivity contribution is 7.07. The second-order valence-electron chi connectivity index (χ2n) is 5.78. The molecule has 0 atom stereocenters. The SMILES string of the molecule is CN(Cc1ccsc1)C(=O)COC(=O)CCn1c(=O)oc2ccccc21. The van der Waals surface area contributed by atoms with Crippen molar-refractivity contribution in [2.45, 2.75) is 19.5 Å². The Kier molecular flexibility index (Phi) is 5.52. The van der Waals surface area contributed by atoms with Gasteiger partial charge in [-0.05, 0) is 34.5 Å². The number of amides is 1. The van der Waals surface area contributed by atoms with Gasteiger partial charge in [0.05, 0.1) is 11.9 Å². The smallest absolute Gasteiger partial charge is 0.419 e. The van der Waals surface area contributed by atoms with E-state index in [1.807, 2.05) is 16.8 Å². The van der Waals surface area contributed by atoms with Crippen LogP contribution < -0.4 is 5.76 Å². The number of fused-ring (bicyclic) bond motifs is 1. The molecule has 3 aromatic rings. The molecule has 3 rings (SSSR count). The Morgan fingerprint density at radius 3 is 2.85 bits per heavy atom. The van der Waals surface area contributed by atoms with E-state index in [0.29, 0.717) is 17.6 Å². The summed E-state index contributed by atoms with van der Waals surface area (Å²) in [5.74, 6) is -1.35. The predicted octanol–water partition coefficient (Wildman–Crippen LogP) is 2.25. The summed E-state index contributed by atoms with van der Waals surface area (Å²) in [5.41, 5.74) is 2.12. The lowest BCUT2D eigenvalue weighted by Gasteiger charge is -2.16. The van der Waals surface area contributed by atoms with Gasteiger partial charge in [-0.2, -0.15) is 11.3 Å². The van der Waals surface area contributed by atoms with Crippen LogP contribution in [-0.4, -0.2) is 35.0 Å². The molecule has 0 saturated carbocycles. The average molecular weight is 374 g/mol. The number of benzene rings is 1. The van der Waals surface area contributed by atoms with Crippen LogP contribution in [0.2, 0.25) is 0 Å². The number of esters is 1. The fourth-order valence-electron chi connectivity index (χ4n) is 2.50.